The van der Waals surface area contributed by atoms with E-state index in [4.69, 9.17) is 18.6 Å². The summed E-state index contributed by atoms with van der Waals surface area (Å²) in [7, 11) is 2.46. The highest BCUT2D eigenvalue weighted by Gasteiger charge is 2.27. The molecular formula is C23H23NO7S. The van der Waals surface area contributed by atoms with Crippen LogP contribution < -0.4 is 10.1 Å². The maximum Gasteiger partial charge on any atom is 0.348 e. The molecular weight excluding hydrogens is 434 g/mol. The first kappa shape index (κ1) is 23.1. The van der Waals surface area contributed by atoms with Gasteiger partial charge in [-0.05, 0) is 61.7 Å². The van der Waals surface area contributed by atoms with E-state index in [0.717, 1.165) is 22.5 Å². The van der Waals surface area contributed by atoms with Gasteiger partial charge in [0.2, 0.25) is 0 Å². The van der Waals surface area contributed by atoms with Crippen LogP contribution in [0.4, 0.5) is 5.00 Å². The molecule has 0 fully saturated rings. The number of thiophene rings is 1. The van der Waals surface area contributed by atoms with Gasteiger partial charge in [-0.25, -0.2) is 9.59 Å². The van der Waals surface area contributed by atoms with E-state index in [1.165, 1.54) is 20.3 Å². The number of nitrogens with one attached hydrogen (secondary N) is 1. The quantitative estimate of drug-likeness (QED) is 0.514. The number of esters is 2. The largest absolute Gasteiger partial charge is 0.486 e. The fourth-order valence-corrected chi connectivity index (χ4v) is 4.26. The number of anilines is 1. The minimum Gasteiger partial charge on any atom is -0.486 e. The van der Waals surface area contributed by atoms with Gasteiger partial charge in [-0.2, -0.15) is 0 Å². The minimum atomic E-state index is -0.675. The van der Waals surface area contributed by atoms with Gasteiger partial charge in [0.25, 0.3) is 5.91 Å². The lowest BCUT2D eigenvalue weighted by atomic mass is 10.1. The number of aryl methyl sites for hydroxylation is 2. The van der Waals surface area contributed by atoms with Crippen molar-refractivity contribution in [2.24, 2.45) is 0 Å². The summed E-state index contributed by atoms with van der Waals surface area (Å²) in [6.45, 7) is 5.69. The lowest BCUT2D eigenvalue weighted by Gasteiger charge is -2.07. The van der Waals surface area contributed by atoms with Crippen LogP contribution in [0.5, 0.6) is 5.75 Å². The number of carbonyl (C=O) groups is 3. The Morgan fingerprint density at radius 2 is 1.62 bits per heavy atom. The molecule has 3 aromatic rings. The highest BCUT2D eigenvalue weighted by molar-refractivity contribution is 7.18. The van der Waals surface area contributed by atoms with E-state index in [1.807, 2.05) is 32.0 Å². The second kappa shape index (κ2) is 9.69. The molecule has 32 heavy (non-hydrogen) atoms. The van der Waals surface area contributed by atoms with Gasteiger partial charge in [0.05, 0.1) is 19.8 Å². The van der Waals surface area contributed by atoms with Crippen molar-refractivity contribution >= 4 is 34.2 Å². The van der Waals surface area contributed by atoms with Crippen molar-refractivity contribution < 1.29 is 33.0 Å². The molecule has 0 spiro atoms. The van der Waals surface area contributed by atoms with Crippen molar-refractivity contribution in [1.82, 2.24) is 0 Å². The number of furan rings is 1. The van der Waals surface area contributed by atoms with Gasteiger partial charge in [-0.1, -0.05) is 6.07 Å². The number of hydrogen-bond acceptors (Lipinski definition) is 8. The van der Waals surface area contributed by atoms with Crippen molar-refractivity contribution in [3.63, 3.8) is 0 Å². The summed E-state index contributed by atoms with van der Waals surface area (Å²) in [4.78, 5) is 37.1. The Hall–Kier alpha value is -3.59. The molecule has 0 unspecified atom stereocenters. The number of amides is 1. The van der Waals surface area contributed by atoms with Gasteiger partial charge in [0.1, 0.15) is 28.0 Å². The van der Waals surface area contributed by atoms with Crippen LogP contribution in [0.1, 0.15) is 53.0 Å². The smallest absolute Gasteiger partial charge is 0.348 e. The lowest BCUT2D eigenvalue weighted by molar-refractivity contribution is 0.0601. The maximum atomic E-state index is 12.7. The van der Waals surface area contributed by atoms with E-state index < -0.39 is 17.8 Å². The Bertz CT molecular complexity index is 1150. The average Bonchev–Trinajstić information content (AvgIpc) is 3.35. The number of hydrogen-bond donors (Lipinski definition) is 1. The third kappa shape index (κ3) is 5.00. The summed E-state index contributed by atoms with van der Waals surface area (Å²) in [5.41, 5.74) is 2.62. The summed E-state index contributed by atoms with van der Waals surface area (Å²) in [5, 5.41) is 2.79. The molecule has 8 nitrogen and oxygen atoms in total. The zero-order chi connectivity index (χ0) is 23.4. The van der Waals surface area contributed by atoms with Crippen molar-refractivity contribution in [2.75, 3.05) is 19.5 Å². The fourth-order valence-electron chi connectivity index (χ4n) is 3.15. The molecule has 0 atom stereocenters. The molecule has 2 aromatic heterocycles. The zero-order valence-electron chi connectivity index (χ0n) is 18.4. The molecule has 0 bridgehead atoms. The van der Waals surface area contributed by atoms with Crippen molar-refractivity contribution in [1.29, 1.82) is 0 Å². The third-order valence-electron chi connectivity index (χ3n) is 4.60. The molecule has 9 heteroatoms. The number of carbonyl (C=O) groups excluding carboxylic acids is 3. The SMILES string of the molecule is COC(=O)c1sc(NC(=O)c2ccc(COc3cc(C)cc(C)c3)o2)c(C(=O)OC)c1C. The van der Waals surface area contributed by atoms with Crippen molar-refractivity contribution in [3.05, 3.63) is 69.0 Å². The molecule has 0 aliphatic heterocycles. The summed E-state index contributed by atoms with van der Waals surface area (Å²) in [6, 6.07) is 9.02. The topological polar surface area (TPSA) is 104 Å². The molecule has 168 valence electrons. The lowest BCUT2D eigenvalue weighted by Crippen LogP contribution is -2.13. The third-order valence-corrected chi connectivity index (χ3v) is 5.78. The molecule has 0 aliphatic rings. The fraction of sp³-hybridized carbons (Fsp3) is 0.261. The van der Waals surface area contributed by atoms with E-state index in [-0.39, 0.29) is 27.8 Å². The van der Waals surface area contributed by atoms with Crippen LogP contribution in [-0.4, -0.2) is 32.1 Å². The number of methoxy groups -OCH3 is 2. The first-order valence-electron chi connectivity index (χ1n) is 9.64. The first-order valence-corrected chi connectivity index (χ1v) is 10.5. The monoisotopic (exact) mass is 457 g/mol. The number of benzene rings is 1. The van der Waals surface area contributed by atoms with Crippen molar-refractivity contribution in [3.8, 4) is 5.75 Å². The molecule has 1 amide bonds. The Kier molecular flexibility index (Phi) is 6.99. The van der Waals surface area contributed by atoms with Crippen LogP contribution >= 0.6 is 11.3 Å². The van der Waals surface area contributed by atoms with Crippen molar-refractivity contribution in [2.45, 2.75) is 27.4 Å². The van der Waals surface area contributed by atoms with Crippen LogP contribution in [0, 0.1) is 20.8 Å². The molecule has 0 radical (unpaired) electrons. The second-order valence-corrected chi connectivity index (χ2v) is 8.10. The van der Waals surface area contributed by atoms with Gasteiger partial charge in [0, 0.05) is 0 Å². The Balaban J connectivity index is 1.76. The Morgan fingerprint density at radius 3 is 2.25 bits per heavy atom. The highest BCUT2D eigenvalue weighted by atomic mass is 32.1. The molecule has 1 N–H and O–H groups in total. The van der Waals surface area contributed by atoms with E-state index in [1.54, 1.807) is 13.0 Å². The molecule has 0 saturated heterocycles. The molecule has 1 aromatic carbocycles. The second-order valence-electron chi connectivity index (χ2n) is 7.08. The summed E-state index contributed by atoms with van der Waals surface area (Å²) >= 11 is 0.929. The van der Waals surface area contributed by atoms with Crippen LogP contribution in [0.2, 0.25) is 0 Å². The number of rotatable bonds is 7. The summed E-state index contributed by atoms with van der Waals surface area (Å²) in [5.74, 6) is -0.665. The zero-order valence-corrected chi connectivity index (χ0v) is 19.2. The molecule has 3 rings (SSSR count). The van der Waals surface area contributed by atoms with Crippen LogP contribution in [0.25, 0.3) is 0 Å². The van der Waals surface area contributed by atoms with Gasteiger partial charge >= 0.3 is 11.9 Å². The summed E-state index contributed by atoms with van der Waals surface area (Å²) < 4.78 is 20.9. The first-order chi connectivity index (χ1) is 15.2. The molecule has 0 saturated carbocycles. The summed E-state index contributed by atoms with van der Waals surface area (Å²) in [6.07, 6.45) is 0. The Labute approximate surface area is 189 Å². The molecule has 0 aliphatic carbocycles. The van der Waals surface area contributed by atoms with E-state index in [2.05, 4.69) is 5.32 Å². The van der Waals surface area contributed by atoms with E-state index in [0.29, 0.717) is 17.1 Å². The van der Waals surface area contributed by atoms with Gasteiger partial charge < -0.3 is 23.9 Å². The standard InChI is InChI=1S/C23H23NO7S/c1-12-8-13(2)10-16(9-12)30-11-15-6-7-17(31-15)20(25)24-21-18(22(26)28-4)14(3)19(32-21)23(27)29-5/h6-10H,11H2,1-5H3,(H,24,25). The van der Waals surface area contributed by atoms with Gasteiger partial charge in [-0.3, -0.25) is 4.79 Å². The normalized spacial score (nSPS) is 10.5. The van der Waals surface area contributed by atoms with Crippen LogP contribution in [0.15, 0.2) is 34.7 Å². The minimum absolute atomic E-state index is 0.0329. The highest BCUT2D eigenvalue weighted by Crippen LogP contribution is 2.34. The maximum absolute atomic E-state index is 12.7. The van der Waals surface area contributed by atoms with Gasteiger partial charge in [-0.15, -0.1) is 11.3 Å². The predicted octanol–water partition coefficient (Wildman–Crippen LogP) is 4.67. The van der Waals surface area contributed by atoms with E-state index >= 15 is 0 Å². The molecule has 2 heterocycles. The van der Waals surface area contributed by atoms with Crippen LogP contribution in [-0.2, 0) is 16.1 Å². The van der Waals surface area contributed by atoms with Gasteiger partial charge in [0.15, 0.2) is 5.76 Å². The Morgan fingerprint density at radius 1 is 0.969 bits per heavy atom. The average molecular weight is 458 g/mol. The van der Waals surface area contributed by atoms with E-state index in [9.17, 15) is 14.4 Å². The number of ether oxygens (including phenoxy) is 3. The van der Waals surface area contributed by atoms with Crippen LogP contribution in [0.3, 0.4) is 0 Å². The predicted molar refractivity (Wildman–Crippen MR) is 119 cm³/mol.